The average Bonchev–Trinajstić information content (AvgIpc) is 2.78. The third-order valence-corrected chi connectivity index (χ3v) is 4.71. The number of hydrogen-bond acceptors (Lipinski definition) is 3. The molecule has 0 rings (SSSR count). The Morgan fingerprint density at radius 1 is 0.750 bits per heavy atom. The zero-order valence-electron chi connectivity index (χ0n) is 21.4. The van der Waals surface area contributed by atoms with Gasteiger partial charge >= 0.3 is 5.97 Å². The first-order valence-electron chi connectivity index (χ1n) is 12.6. The second kappa shape index (κ2) is 26.9. The van der Waals surface area contributed by atoms with Gasteiger partial charge in [0.2, 0.25) is 5.91 Å². The Morgan fingerprint density at radius 3 is 1.75 bits per heavy atom. The normalized spacial score (nSPS) is 12.4. The first-order valence-corrected chi connectivity index (χ1v) is 12.6. The van der Waals surface area contributed by atoms with E-state index in [1.807, 2.05) is 25.2 Å². The Balaban J connectivity index is 0. The highest BCUT2D eigenvalue weighted by atomic mass is 16.5. The van der Waals surface area contributed by atoms with Crippen molar-refractivity contribution in [1.82, 2.24) is 5.32 Å². The van der Waals surface area contributed by atoms with E-state index in [0.717, 1.165) is 19.3 Å². The average molecular weight is 448 g/mol. The molecule has 0 heterocycles. The van der Waals surface area contributed by atoms with E-state index in [-0.39, 0.29) is 17.9 Å². The molecule has 0 aliphatic rings. The number of hydrogen-bond donors (Lipinski definition) is 1. The molecule has 0 bridgehead atoms. The summed E-state index contributed by atoms with van der Waals surface area (Å²) < 4.78 is 4.74. The van der Waals surface area contributed by atoms with Crippen LogP contribution in [0.2, 0.25) is 0 Å². The zero-order valence-corrected chi connectivity index (χ0v) is 21.4. The van der Waals surface area contributed by atoms with Gasteiger partial charge in [-0.3, -0.25) is 4.79 Å². The smallest absolute Gasteiger partial charge is 0.330 e. The van der Waals surface area contributed by atoms with E-state index in [2.05, 4.69) is 38.2 Å². The summed E-state index contributed by atoms with van der Waals surface area (Å²) in [5.74, 6) is -0.275. The fourth-order valence-corrected chi connectivity index (χ4v) is 2.59. The second-order valence-electron chi connectivity index (χ2n) is 7.84. The van der Waals surface area contributed by atoms with Gasteiger partial charge in [-0.2, -0.15) is 0 Å². The quantitative estimate of drug-likeness (QED) is 0.108. The van der Waals surface area contributed by atoms with Crippen LogP contribution in [0.5, 0.6) is 0 Å². The predicted molar refractivity (Wildman–Crippen MR) is 139 cm³/mol. The number of carbonyl (C=O) groups excluding carboxylic acids is 2. The molecule has 0 fully saturated rings. The summed E-state index contributed by atoms with van der Waals surface area (Å²) in [4.78, 5) is 22.2. The van der Waals surface area contributed by atoms with Gasteiger partial charge in [0.25, 0.3) is 0 Å². The fourth-order valence-electron chi connectivity index (χ4n) is 2.59. The van der Waals surface area contributed by atoms with Crippen molar-refractivity contribution in [2.24, 2.45) is 0 Å². The van der Waals surface area contributed by atoms with Crippen LogP contribution in [0.25, 0.3) is 0 Å². The van der Waals surface area contributed by atoms with Crippen LogP contribution in [0.4, 0.5) is 0 Å². The van der Waals surface area contributed by atoms with Gasteiger partial charge in [-0.15, -0.1) is 0 Å². The molecule has 1 unspecified atom stereocenters. The summed E-state index contributed by atoms with van der Waals surface area (Å²) in [6.07, 6.45) is 28.1. The number of carbonyl (C=O) groups is 2. The minimum absolute atomic E-state index is 0.00465. The molecule has 4 heteroatoms. The lowest BCUT2D eigenvalue weighted by Gasteiger charge is -2.07. The lowest BCUT2D eigenvalue weighted by molar-refractivity contribution is -0.137. The van der Waals surface area contributed by atoms with E-state index >= 15 is 0 Å². The number of allylic oxidation sites excluding steroid dienone is 6. The molecule has 0 aromatic carbocycles. The Kier molecular flexibility index (Phi) is 27.0. The van der Waals surface area contributed by atoms with Crippen LogP contribution in [0.3, 0.4) is 0 Å². The summed E-state index contributed by atoms with van der Waals surface area (Å²) in [6.45, 7) is 10.7. The molecule has 0 saturated heterocycles. The van der Waals surface area contributed by atoms with Crippen molar-refractivity contribution in [2.75, 3.05) is 6.61 Å². The topological polar surface area (TPSA) is 55.4 Å². The zero-order chi connectivity index (χ0) is 24.3. The third-order valence-electron chi connectivity index (χ3n) is 4.71. The van der Waals surface area contributed by atoms with Gasteiger partial charge < -0.3 is 10.1 Å². The highest BCUT2D eigenvalue weighted by Gasteiger charge is 1.99. The van der Waals surface area contributed by atoms with Crippen molar-refractivity contribution < 1.29 is 14.3 Å². The largest absolute Gasteiger partial charge is 0.463 e. The maximum absolute atomic E-state index is 11.4. The van der Waals surface area contributed by atoms with Gasteiger partial charge in [0.05, 0.1) is 6.61 Å². The van der Waals surface area contributed by atoms with Crippen LogP contribution in [0.15, 0.2) is 48.6 Å². The molecule has 1 atom stereocenters. The molecule has 184 valence electrons. The molecule has 32 heavy (non-hydrogen) atoms. The van der Waals surface area contributed by atoms with Crippen molar-refractivity contribution >= 4 is 11.9 Å². The van der Waals surface area contributed by atoms with Gasteiger partial charge in [-0.25, -0.2) is 4.79 Å². The number of esters is 1. The molecule has 0 spiro atoms. The van der Waals surface area contributed by atoms with E-state index in [9.17, 15) is 9.59 Å². The van der Waals surface area contributed by atoms with E-state index in [4.69, 9.17) is 4.74 Å². The lowest BCUT2D eigenvalue weighted by atomic mass is 10.1. The van der Waals surface area contributed by atoms with Crippen molar-refractivity contribution in [3.05, 3.63) is 48.6 Å². The number of unbranched alkanes of at least 4 members (excludes halogenated alkanes) is 8. The lowest BCUT2D eigenvalue weighted by Crippen LogP contribution is -2.30. The van der Waals surface area contributed by atoms with E-state index < -0.39 is 0 Å². The Hall–Kier alpha value is -2.10. The SMILES string of the molecule is CCCCCC/C=C/C=C/C(=O)NC(C)CC.CCCCCC/C=C/C=C/C(=O)OCC. The van der Waals surface area contributed by atoms with E-state index in [1.165, 1.54) is 57.4 Å². The predicted octanol–water partition coefficient (Wildman–Crippen LogP) is 7.62. The monoisotopic (exact) mass is 447 g/mol. The minimum atomic E-state index is -0.270. The van der Waals surface area contributed by atoms with E-state index in [1.54, 1.807) is 19.1 Å². The van der Waals surface area contributed by atoms with Crippen LogP contribution in [-0.4, -0.2) is 24.5 Å². The minimum Gasteiger partial charge on any atom is -0.463 e. The maximum Gasteiger partial charge on any atom is 0.330 e. The molecule has 0 saturated carbocycles. The maximum atomic E-state index is 11.4. The Bertz CT molecular complexity index is 547. The number of amides is 1. The number of nitrogens with one attached hydrogen (secondary N) is 1. The first-order chi connectivity index (χ1) is 15.5. The van der Waals surface area contributed by atoms with Gasteiger partial charge in [-0.1, -0.05) is 95.8 Å². The van der Waals surface area contributed by atoms with Gasteiger partial charge in [0.15, 0.2) is 0 Å². The van der Waals surface area contributed by atoms with E-state index in [0.29, 0.717) is 6.61 Å². The molecule has 0 aromatic heterocycles. The standard InChI is InChI=1S/C15H27NO.C13H22O2/c1-4-6-7-8-9-10-11-12-13-15(17)16-14(3)5-2;1-3-5-6-7-8-9-10-11-12-13(14)15-4-2/h10-14H,4-9H2,1-3H3,(H,16,17);9-12H,3-8H2,1-2H3/b11-10+,13-12+;10-9+,12-11+. The van der Waals surface area contributed by atoms with Gasteiger partial charge in [0, 0.05) is 18.2 Å². The molecular formula is C28H49NO3. The van der Waals surface area contributed by atoms with Gasteiger partial charge in [-0.05, 0) is 46.0 Å². The summed E-state index contributed by atoms with van der Waals surface area (Å²) in [5.41, 5.74) is 0. The third kappa shape index (κ3) is 27.9. The molecule has 4 nitrogen and oxygen atoms in total. The summed E-state index contributed by atoms with van der Waals surface area (Å²) in [5, 5.41) is 2.89. The first kappa shape index (κ1) is 32.1. The summed E-state index contributed by atoms with van der Waals surface area (Å²) in [6, 6.07) is 0.255. The Labute approximate surface area is 198 Å². The molecule has 0 radical (unpaired) electrons. The summed E-state index contributed by atoms with van der Waals surface area (Å²) in [7, 11) is 0. The number of rotatable bonds is 17. The fraction of sp³-hybridized carbons (Fsp3) is 0.643. The highest BCUT2D eigenvalue weighted by molar-refractivity contribution is 5.87. The van der Waals surface area contributed by atoms with Crippen molar-refractivity contribution in [1.29, 1.82) is 0 Å². The van der Waals surface area contributed by atoms with Crippen molar-refractivity contribution in [3.8, 4) is 0 Å². The van der Waals surface area contributed by atoms with Crippen LogP contribution in [-0.2, 0) is 14.3 Å². The van der Waals surface area contributed by atoms with Crippen LogP contribution in [0.1, 0.15) is 105 Å². The summed E-state index contributed by atoms with van der Waals surface area (Å²) >= 11 is 0. The van der Waals surface area contributed by atoms with Crippen LogP contribution in [0, 0.1) is 0 Å². The van der Waals surface area contributed by atoms with Crippen LogP contribution >= 0.6 is 0 Å². The van der Waals surface area contributed by atoms with Gasteiger partial charge in [0.1, 0.15) is 0 Å². The second-order valence-corrected chi connectivity index (χ2v) is 7.84. The van der Waals surface area contributed by atoms with Crippen molar-refractivity contribution in [3.63, 3.8) is 0 Å². The molecule has 0 aromatic rings. The molecule has 0 aliphatic heterocycles. The molecule has 1 amide bonds. The number of ether oxygens (including phenoxy) is 1. The Morgan fingerprint density at radius 2 is 1.28 bits per heavy atom. The van der Waals surface area contributed by atoms with Crippen molar-refractivity contribution in [2.45, 2.75) is 111 Å². The van der Waals surface area contributed by atoms with Crippen LogP contribution < -0.4 is 5.32 Å². The molecule has 1 N–H and O–H groups in total. The molecular weight excluding hydrogens is 398 g/mol. The molecule has 0 aliphatic carbocycles. The highest BCUT2D eigenvalue weighted by Crippen LogP contribution is 2.03.